The lowest BCUT2D eigenvalue weighted by atomic mass is 9.93. The summed E-state index contributed by atoms with van der Waals surface area (Å²) in [6, 6.07) is 14.8. The quantitative estimate of drug-likeness (QED) is 0.296. The van der Waals surface area contributed by atoms with Gasteiger partial charge in [0.25, 0.3) is 5.91 Å². The maximum absolute atomic E-state index is 13.9. The van der Waals surface area contributed by atoms with E-state index >= 15 is 0 Å². The Kier molecular flexibility index (Phi) is 8.53. The number of hydrogen-bond donors (Lipinski definition) is 1. The summed E-state index contributed by atoms with van der Waals surface area (Å²) in [4.78, 5) is 45.6. The van der Waals surface area contributed by atoms with Gasteiger partial charge in [0.15, 0.2) is 5.69 Å². The predicted octanol–water partition coefficient (Wildman–Crippen LogP) is 3.59. The third kappa shape index (κ3) is 5.74. The van der Waals surface area contributed by atoms with Crippen molar-refractivity contribution >= 4 is 17.8 Å². The summed E-state index contributed by atoms with van der Waals surface area (Å²) in [5, 5.41) is 2.97. The standard InChI is InChI=1S/C29H34N4O6/c1-5-6-15-39-22-13-11-20(12-14-22)17-33-26(34)25-24(27(35)38-4)31-19-32(25)18-29(33,2)28(36)30-16-21-9-7-8-10-23(21)37-3/h7-14,19H,5-6,15-18H2,1-4H3,(H,30,36)/t29-/m0/s1. The molecule has 39 heavy (non-hydrogen) atoms. The topological polar surface area (TPSA) is 112 Å². The fourth-order valence-corrected chi connectivity index (χ4v) is 4.61. The van der Waals surface area contributed by atoms with Crippen molar-refractivity contribution in [2.75, 3.05) is 20.8 Å². The van der Waals surface area contributed by atoms with Gasteiger partial charge >= 0.3 is 5.97 Å². The van der Waals surface area contributed by atoms with Crippen LogP contribution in [0.25, 0.3) is 0 Å². The number of rotatable bonds is 11. The number of carbonyl (C=O) groups is 3. The highest BCUT2D eigenvalue weighted by Gasteiger charge is 2.49. The zero-order valence-electron chi connectivity index (χ0n) is 22.7. The maximum atomic E-state index is 13.9. The van der Waals surface area contributed by atoms with Gasteiger partial charge in [-0.15, -0.1) is 0 Å². The lowest BCUT2D eigenvalue weighted by Crippen LogP contribution is -2.63. The SMILES string of the molecule is CCCCOc1ccc(CN2C(=O)c3c(C(=O)OC)ncn3C[C@@]2(C)C(=O)NCc2ccccc2OC)cc1. The first-order valence-corrected chi connectivity index (χ1v) is 12.9. The van der Waals surface area contributed by atoms with Crippen LogP contribution in [0.15, 0.2) is 54.9 Å². The van der Waals surface area contributed by atoms with Gasteiger partial charge in [-0.1, -0.05) is 43.7 Å². The molecule has 1 aliphatic heterocycles. The Balaban J connectivity index is 1.63. The van der Waals surface area contributed by atoms with Crippen molar-refractivity contribution < 1.29 is 28.6 Å². The highest BCUT2D eigenvalue weighted by molar-refractivity contribution is 6.06. The Labute approximate surface area is 227 Å². The number of imidazole rings is 1. The summed E-state index contributed by atoms with van der Waals surface area (Å²) in [7, 11) is 2.81. The number of esters is 1. The van der Waals surface area contributed by atoms with Crippen molar-refractivity contribution in [1.82, 2.24) is 19.8 Å². The summed E-state index contributed by atoms with van der Waals surface area (Å²) in [5.41, 5.74) is 0.347. The van der Waals surface area contributed by atoms with Gasteiger partial charge in [-0.2, -0.15) is 0 Å². The lowest BCUT2D eigenvalue weighted by molar-refractivity contribution is -0.133. The molecular weight excluding hydrogens is 500 g/mol. The van der Waals surface area contributed by atoms with Crippen LogP contribution >= 0.6 is 0 Å². The molecule has 0 radical (unpaired) electrons. The van der Waals surface area contributed by atoms with Gasteiger partial charge in [-0.25, -0.2) is 9.78 Å². The first-order valence-electron chi connectivity index (χ1n) is 12.9. The molecule has 0 saturated heterocycles. The molecule has 1 atom stereocenters. The normalized spacial score (nSPS) is 16.4. The fraction of sp³-hybridized carbons (Fsp3) is 0.379. The van der Waals surface area contributed by atoms with Gasteiger partial charge in [0.1, 0.15) is 22.7 Å². The van der Waals surface area contributed by atoms with E-state index in [-0.39, 0.29) is 36.9 Å². The average Bonchev–Trinajstić information content (AvgIpc) is 3.38. The van der Waals surface area contributed by atoms with Gasteiger partial charge in [0.05, 0.1) is 33.7 Å². The molecule has 0 spiro atoms. The van der Waals surface area contributed by atoms with E-state index in [4.69, 9.17) is 14.2 Å². The minimum absolute atomic E-state index is 0.0800. The number of carbonyl (C=O) groups excluding carboxylic acids is 3. The van der Waals surface area contributed by atoms with Crippen molar-refractivity contribution in [2.45, 2.75) is 51.9 Å². The third-order valence-electron chi connectivity index (χ3n) is 6.89. The molecule has 2 heterocycles. The van der Waals surface area contributed by atoms with Crippen LogP contribution < -0.4 is 14.8 Å². The zero-order chi connectivity index (χ0) is 28.0. The van der Waals surface area contributed by atoms with Crippen LogP contribution in [0.4, 0.5) is 0 Å². The molecule has 0 aliphatic carbocycles. The van der Waals surface area contributed by atoms with Crippen LogP contribution in [0.1, 0.15) is 58.8 Å². The number of nitrogens with one attached hydrogen (secondary N) is 1. The van der Waals surface area contributed by atoms with E-state index < -0.39 is 17.4 Å². The molecule has 0 fully saturated rings. The molecule has 0 bridgehead atoms. The van der Waals surface area contributed by atoms with Crippen molar-refractivity contribution in [3.05, 3.63) is 77.4 Å². The molecule has 4 rings (SSSR count). The molecule has 10 nitrogen and oxygen atoms in total. The summed E-state index contributed by atoms with van der Waals surface area (Å²) in [6.45, 7) is 4.90. The minimum atomic E-state index is -1.28. The van der Waals surface area contributed by atoms with E-state index in [1.54, 1.807) is 18.6 Å². The van der Waals surface area contributed by atoms with Gasteiger partial charge in [-0.05, 0) is 37.1 Å². The number of hydrogen-bond acceptors (Lipinski definition) is 7. The second kappa shape index (κ2) is 12.0. The van der Waals surface area contributed by atoms with Gasteiger partial charge < -0.3 is 29.0 Å². The molecule has 0 unspecified atom stereocenters. The van der Waals surface area contributed by atoms with E-state index in [1.807, 2.05) is 48.5 Å². The first-order chi connectivity index (χ1) is 18.8. The molecule has 206 valence electrons. The van der Waals surface area contributed by atoms with Gasteiger partial charge in [0, 0.05) is 18.7 Å². The molecule has 10 heteroatoms. The third-order valence-corrected chi connectivity index (χ3v) is 6.89. The van der Waals surface area contributed by atoms with E-state index in [2.05, 4.69) is 17.2 Å². The number of ether oxygens (including phenoxy) is 3. The molecular formula is C29H34N4O6. The molecule has 1 N–H and O–H groups in total. The maximum Gasteiger partial charge on any atom is 0.359 e. The van der Waals surface area contributed by atoms with Crippen LogP contribution in [0.5, 0.6) is 11.5 Å². The summed E-state index contributed by atoms with van der Waals surface area (Å²) in [5.74, 6) is -0.159. The number of nitrogens with zero attached hydrogens (tertiary/aromatic N) is 3. The summed E-state index contributed by atoms with van der Waals surface area (Å²) in [6.07, 6.45) is 3.39. The minimum Gasteiger partial charge on any atom is -0.496 e. The smallest absolute Gasteiger partial charge is 0.359 e. The number of methoxy groups -OCH3 is 2. The average molecular weight is 535 g/mol. The molecule has 1 aliphatic rings. The van der Waals surface area contributed by atoms with Gasteiger partial charge in [0.2, 0.25) is 5.91 Å². The van der Waals surface area contributed by atoms with Crippen molar-refractivity contribution in [1.29, 1.82) is 0 Å². The molecule has 2 amide bonds. The molecule has 3 aromatic rings. The zero-order valence-corrected chi connectivity index (χ0v) is 22.7. The Morgan fingerprint density at radius 3 is 2.54 bits per heavy atom. The monoisotopic (exact) mass is 534 g/mol. The van der Waals surface area contributed by atoms with E-state index in [0.717, 1.165) is 29.7 Å². The van der Waals surface area contributed by atoms with E-state index in [1.165, 1.54) is 18.3 Å². The van der Waals surface area contributed by atoms with Crippen LogP contribution in [-0.2, 0) is 29.2 Å². The highest BCUT2D eigenvalue weighted by atomic mass is 16.5. The summed E-state index contributed by atoms with van der Waals surface area (Å²) >= 11 is 0. The van der Waals surface area contributed by atoms with Crippen LogP contribution in [0.3, 0.4) is 0 Å². The molecule has 0 saturated carbocycles. The number of unbranched alkanes of at least 4 members (excludes halogenated alkanes) is 1. The second-order valence-electron chi connectivity index (χ2n) is 9.57. The van der Waals surface area contributed by atoms with Crippen molar-refractivity contribution in [3.8, 4) is 11.5 Å². The largest absolute Gasteiger partial charge is 0.496 e. The first kappa shape index (κ1) is 27.7. The Morgan fingerprint density at radius 1 is 1.10 bits per heavy atom. The van der Waals surface area contributed by atoms with E-state index in [9.17, 15) is 14.4 Å². The van der Waals surface area contributed by atoms with E-state index in [0.29, 0.717) is 12.4 Å². The number of fused-ring (bicyclic) bond motifs is 1. The fourth-order valence-electron chi connectivity index (χ4n) is 4.61. The van der Waals surface area contributed by atoms with Gasteiger partial charge in [-0.3, -0.25) is 9.59 Å². The second-order valence-corrected chi connectivity index (χ2v) is 9.57. The van der Waals surface area contributed by atoms with Crippen molar-refractivity contribution in [3.63, 3.8) is 0 Å². The highest BCUT2D eigenvalue weighted by Crippen LogP contribution is 2.31. The van der Waals surface area contributed by atoms with Crippen LogP contribution in [0, 0.1) is 0 Å². The number of para-hydroxylation sites is 1. The number of benzene rings is 2. The van der Waals surface area contributed by atoms with Crippen LogP contribution in [0.2, 0.25) is 0 Å². The number of aromatic nitrogens is 2. The Bertz CT molecular complexity index is 1340. The lowest BCUT2D eigenvalue weighted by Gasteiger charge is -2.43. The number of amides is 2. The molecule has 2 aromatic carbocycles. The Hall–Kier alpha value is -4.34. The summed E-state index contributed by atoms with van der Waals surface area (Å²) < 4.78 is 17.5. The molecule has 1 aromatic heterocycles. The van der Waals surface area contributed by atoms with Crippen LogP contribution in [-0.4, -0.2) is 58.6 Å². The Morgan fingerprint density at radius 2 is 1.85 bits per heavy atom. The van der Waals surface area contributed by atoms with Crippen molar-refractivity contribution in [2.24, 2.45) is 0 Å². The predicted molar refractivity (Wildman–Crippen MR) is 144 cm³/mol.